The molecule has 310 valence electrons. The van der Waals surface area contributed by atoms with Crippen molar-refractivity contribution in [3.8, 4) is 0 Å². The number of rotatable bonds is 11. The third-order valence-electron chi connectivity index (χ3n) is 14.7. The Morgan fingerprint density at radius 3 is 2.19 bits per heavy atom. The topological polar surface area (TPSA) is 228 Å². The highest BCUT2D eigenvalue weighted by Gasteiger charge is 2.72. The minimum absolute atomic E-state index is 0.0140. The molecule has 0 aromatic heterocycles. The minimum atomic E-state index is -1.44. The smallest absolute Gasteiger partial charge is 0.187 e. The largest absolute Gasteiger partial charge is 0.390 e. The van der Waals surface area contributed by atoms with Crippen LogP contribution in [-0.2, 0) is 23.7 Å². The van der Waals surface area contributed by atoms with Crippen LogP contribution in [0.5, 0.6) is 0 Å². The molecule has 0 aromatic carbocycles. The van der Waals surface area contributed by atoms with Gasteiger partial charge >= 0.3 is 0 Å². The monoisotopic (exact) mass is 770 g/mol. The Bertz CT molecular complexity index is 1350. The lowest BCUT2D eigenvalue weighted by Crippen LogP contribution is -2.66. The third-order valence-corrected chi connectivity index (χ3v) is 14.7. The van der Waals surface area contributed by atoms with Crippen molar-refractivity contribution < 1.29 is 69.6 Å². The first-order valence-corrected chi connectivity index (χ1v) is 20.0. The molecule has 54 heavy (non-hydrogen) atoms. The Balaban J connectivity index is 1.15. The quantitative estimate of drug-likeness (QED) is 0.130. The van der Waals surface area contributed by atoms with E-state index in [4.69, 9.17) is 23.7 Å². The Morgan fingerprint density at radius 1 is 0.852 bits per heavy atom. The fourth-order valence-electron chi connectivity index (χ4n) is 11.8. The molecule has 5 fully saturated rings. The lowest BCUT2D eigenvalue weighted by Gasteiger charge is -2.63. The highest BCUT2D eigenvalue weighted by Crippen LogP contribution is 2.69. The van der Waals surface area contributed by atoms with Crippen molar-refractivity contribution in [3.05, 3.63) is 23.8 Å². The molecule has 9 N–H and O–H groups in total. The molecule has 2 aliphatic heterocycles. The molecule has 0 aromatic rings. The molecule has 0 spiro atoms. The highest BCUT2D eigenvalue weighted by atomic mass is 16.7. The third kappa shape index (κ3) is 7.29. The van der Waals surface area contributed by atoms with Crippen LogP contribution in [0.25, 0.3) is 0 Å². The standard InChI is InChI=1S/C40H66O14/c1-7-21(20(3)16-51-36-33(48)29(44)25(42)17-52-36)9-8-19(2)28-31(46)32(47)35-39(28,5)13-11-27-38(4)12-10-22(14-23(38)24(41)15-40(27,35)49)54-37-34(50-6)30(45)26(43)18-53-37/h8-9,14,19-22,24-37,41-49H,7,10-13,15-18H2,1-6H3. The summed E-state index contributed by atoms with van der Waals surface area (Å²) in [6.45, 7) is 10.3. The van der Waals surface area contributed by atoms with Crippen molar-refractivity contribution in [2.24, 2.45) is 46.3 Å². The van der Waals surface area contributed by atoms with E-state index < -0.39 is 96.0 Å². The maximum absolute atomic E-state index is 12.8. The Labute approximate surface area is 318 Å². The summed E-state index contributed by atoms with van der Waals surface area (Å²) in [6.07, 6.45) is -3.27. The van der Waals surface area contributed by atoms with Crippen molar-refractivity contribution >= 4 is 0 Å². The van der Waals surface area contributed by atoms with Crippen LogP contribution in [0.3, 0.4) is 0 Å². The number of methoxy groups -OCH3 is 1. The molecule has 6 rings (SSSR count). The van der Waals surface area contributed by atoms with E-state index in [1.807, 2.05) is 19.9 Å². The first kappa shape index (κ1) is 42.5. The number of hydrogen-bond acceptors (Lipinski definition) is 14. The first-order valence-electron chi connectivity index (χ1n) is 20.0. The minimum Gasteiger partial charge on any atom is -0.390 e. The average molecular weight is 771 g/mol. The summed E-state index contributed by atoms with van der Waals surface area (Å²) in [6, 6.07) is 0. The Morgan fingerprint density at radius 2 is 1.52 bits per heavy atom. The van der Waals surface area contributed by atoms with Gasteiger partial charge in [-0.15, -0.1) is 0 Å². The number of allylic oxidation sites excluding steroid dienone is 2. The van der Waals surface area contributed by atoms with Gasteiger partial charge in [0.05, 0.1) is 49.8 Å². The highest BCUT2D eigenvalue weighted by molar-refractivity contribution is 5.33. The summed E-state index contributed by atoms with van der Waals surface area (Å²) in [7, 11) is 1.42. The number of ether oxygens (including phenoxy) is 5. The van der Waals surface area contributed by atoms with Gasteiger partial charge in [0.2, 0.25) is 0 Å². The van der Waals surface area contributed by atoms with Crippen LogP contribution in [0.2, 0.25) is 0 Å². The van der Waals surface area contributed by atoms with E-state index in [-0.39, 0.29) is 55.8 Å². The van der Waals surface area contributed by atoms with Crippen LogP contribution in [0.1, 0.15) is 73.1 Å². The normalized spacial score (nSPS) is 51.2. The van der Waals surface area contributed by atoms with E-state index in [1.165, 1.54) is 7.11 Å². The van der Waals surface area contributed by atoms with Crippen molar-refractivity contribution in [1.82, 2.24) is 0 Å². The molecule has 4 aliphatic carbocycles. The molecular weight excluding hydrogens is 704 g/mol. The molecule has 6 aliphatic rings. The molecular formula is C40H66O14. The van der Waals surface area contributed by atoms with Crippen LogP contribution in [0.15, 0.2) is 23.8 Å². The van der Waals surface area contributed by atoms with Crippen LogP contribution >= 0.6 is 0 Å². The molecule has 3 saturated carbocycles. The molecule has 2 heterocycles. The zero-order chi connectivity index (χ0) is 39.5. The summed E-state index contributed by atoms with van der Waals surface area (Å²) in [5, 5.41) is 98.7. The maximum atomic E-state index is 12.8. The second-order valence-electron chi connectivity index (χ2n) is 17.9. The lowest BCUT2D eigenvalue weighted by molar-refractivity contribution is -0.285. The first-order chi connectivity index (χ1) is 25.4. The summed E-state index contributed by atoms with van der Waals surface area (Å²) < 4.78 is 28.5. The fraction of sp³-hybridized carbons (Fsp3) is 0.900. The van der Waals surface area contributed by atoms with Gasteiger partial charge in [0.1, 0.15) is 36.6 Å². The Hall–Kier alpha value is -1.08. The van der Waals surface area contributed by atoms with Crippen molar-refractivity contribution in [1.29, 1.82) is 0 Å². The van der Waals surface area contributed by atoms with Gasteiger partial charge < -0.3 is 69.6 Å². The predicted molar refractivity (Wildman–Crippen MR) is 193 cm³/mol. The molecule has 0 radical (unpaired) electrons. The van der Waals surface area contributed by atoms with Crippen LogP contribution < -0.4 is 0 Å². The van der Waals surface area contributed by atoms with Gasteiger partial charge in [-0.3, -0.25) is 0 Å². The second kappa shape index (κ2) is 16.3. The maximum Gasteiger partial charge on any atom is 0.187 e. The summed E-state index contributed by atoms with van der Waals surface area (Å²) in [4.78, 5) is 0. The zero-order valence-corrected chi connectivity index (χ0v) is 32.6. The van der Waals surface area contributed by atoms with Crippen LogP contribution in [0.4, 0.5) is 0 Å². The molecule has 0 amide bonds. The number of aliphatic hydroxyl groups excluding tert-OH is 8. The zero-order valence-electron chi connectivity index (χ0n) is 32.6. The van der Waals surface area contributed by atoms with Crippen molar-refractivity contribution in [3.63, 3.8) is 0 Å². The van der Waals surface area contributed by atoms with Gasteiger partial charge in [0.25, 0.3) is 0 Å². The lowest BCUT2D eigenvalue weighted by atomic mass is 9.43. The predicted octanol–water partition coefficient (Wildman–Crippen LogP) is 0.381. The number of aliphatic hydroxyl groups is 9. The van der Waals surface area contributed by atoms with E-state index in [2.05, 4.69) is 32.9 Å². The van der Waals surface area contributed by atoms with E-state index in [0.717, 1.165) is 12.0 Å². The van der Waals surface area contributed by atoms with E-state index in [9.17, 15) is 46.0 Å². The SMILES string of the molecule is CCC(C=CC(C)C1C(O)C(O)C2C1(C)CCC1C3(C)CCC(OC4OCC(O)C(O)C4OC)C=C3C(O)CC12O)C(C)COC1OCC(O)C(O)C1O. The number of fused-ring (bicyclic) bond motifs is 5. The van der Waals surface area contributed by atoms with Gasteiger partial charge in [-0.1, -0.05) is 52.8 Å². The van der Waals surface area contributed by atoms with Crippen molar-refractivity contribution in [2.45, 2.75) is 152 Å². The Kier molecular flexibility index (Phi) is 12.8. The summed E-state index contributed by atoms with van der Waals surface area (Å²) >= 11 is 0. The molecule has 21 unspecified atom stereocenters. The fourth-order valence-corrected chi connectivity index (χ4v) is 11.8. The molecule has 2 saturated heterocycles. The summed E-state index contributed by atoms with van der Waals surface area (Å²) in [5.41, 5.74) is -1.87. The van der Waals surface area contributed by atoms with Gasteiger partial charge in [0.15, 0.2) is 12.6 Å². The van der Waals surface area contributed by atoms with Gasteiger partial charge in [-0.25, -0.2) is 0 Å². The average Bonchev–Trinajstić information content (AvgIpc) is 3.33. The van der Waals surface area contributed by atoms with E-state index >= 15 is 0 Å². The van der Waals surface area contributed by atoms with E-state index in [1.54, 1.807) is 0 Å². The van der Waals surface area contributed by atoms with Crippen molar-refractivity contribution in [2.75, 3.05) is 26.9 Å². The molecule has 14 nitrogen and oxygen atoms in total. The van der Waals surface area contributed by atoms with Crippen LogP contribution in [-0.4, -0.2) is 152 Å². The molecule has 0 bridgehead atoms. The second-order valence-corrected chi connectivity index (χ2v) is 17.9. The number of hydrogen-bond donors (Lipinski definition) is 9. The molecule has 14 heteroatoms. The molecule has 21 atom stereocenters. The van der Waals surface area contributed by atoms with Gasteiger partial charge in [-0.2, -0.15) is 0 Å². The van der Waals surface area contributed by atoms with Gasteiger partial charge in [0, 0.05) is 19.4 Å². The van der Waals surface area contributed by atoms with E-state index in [0.29, 0.717) is 25.7 Å². The van der Waals surface area contributed by atoms with Crippen LogP contribution in [0, 0.1) is 46.3 Å². The summed E-state index contributed by atoms with van der Waals surface area (Å²) in [5.74, 6) is -1.36. The van der Waals surface area contributed by atoms with Gasteiger partial charge in [-0.05, 0) is 78.1 Å².